The number of para-hydroxylation sites is 2. The first-order valence-electron chi connectivity index (χ1n) is 19.7. The lowest BCUT2D eigenvalue weighted by Gasteiger charge is -2.34. The highest BCUT2D eigenvalue weighted by atomic mass is 16.4. The largest absolute Gasteiger partial charge is 0.465 e. The van der Waals surface area contributed by atoms with Gasteiger partial charge in [0.25, 0.3) is 5.91 Å². The first-order valence-corrected chi connectivity index (χ1v) is 19.7. The summed E-state index contributed by atoms with van der Waals surface area (Å²) in [6.07, 6.45) is 1.79. The van der Waals surface area contributed by atoms with E-state index in [1.54, 1.807) is 24.3 Å². The molecule has 0 bridgehead atoms. The van der Waals surface area contributed by atoms with Crippen molar-refractivity contribution in [3.8, 4) is 22.3 Å². The number of rotatable bonds is 12. The van der Waals surface area contributed by atoms with E-state index in [2.05, 4.69) is 41.9 Å². The van der Waals surface area contributed by atoms with Crippen molar-refractivity contribution in [2.45, 2.75) is 58.5 Å². The first-order chi connectivity index (χ1) is 27.6. The number of carboxylic acid groups (broad SMARTS) is 1. The highest BCUT2D eigenvalue weighted by Crippen LogP contribution is 2.45. The van der Waals surface area contributed by atoms with Crippen LogP contribution in [0.2, 0.25) is 0 Å². The van der Waals surface area contributed by atoms with Gasteiger partial charge in [0, 0.05) is 46.6 Å². The van der Waals surface area contributed by atoms with Crippen LogP contribution in [0.25, 0.3) is 27.8 Å². The van der Waals surface area contributed by atoms with Gasteiger partial charge >= 0.3 is 6.09 Å². The molecule has 4 unspecified atom stereocenters. The number of nitrogens with one attached hydrogen (secondary N) is 3. The third-order valence-corrected chi connectivity index (χ3v) is 11.6. The predicted octanol–water partition coefficient (Wildman–Crippen LogP) is 9.68. The molecule has 290 valence electrons. The summed E-state index contributed by atoms with van der Waals surface area (Å²) in [5, 5.41) is 20.0. The molecule has 0 saturated carbocycles. The van der Waals surface area contributed by atoms with Gasteiger partial charge in [-0.25, -0.2) is 4.79 Å². The van der Waals surface area contributed by atoms with Crippen molar-refractivity contribution in [2.75, 3.05) is 17.2 Å². The van der Waals surface area contributed by atoms with Crippen LogP contribution in [0.15, 0.2) is 127 Å². The predicted molar refractivity (Wildman–Crippen MR) is 226 cm³/mol. The highest BCUT2D eigenvalue weighted by Gasteiger charge is 2.39. The number of fused-ring (bicyclic) bond motifs is 4. The first kappa shape index (κ1) is 38.8. The maximum absolute atomic E-state index is 14.5. The second kappa shape index (κ2) is 16.7. The zero-order chi connectivity index (χ0) is 40.2. The fraction of sp³-hybridized carbons (Fsp3) is 0.250. The van der Waals surface area contributed by atoms with Gasteiger partial charge in [0.15, 0.2) is 0 Å². The number of hydrogen-bond donors (Lipinski definition) is 4. The number of hydrogen-bond acceptors (Lipinski definition) is 4. The van der Waals surface area contributed by atoms with Crippen molar-refractivity contribution in [2.24, 2.45) is 11.8 Å². The summed E-state index contributed by atoms with van der Waals surface area (Å²) >= 11 is 0. The van der Waals surface area contributed by atoms with Crippen LogP contribution in [-0.2, 0) is 9.59 Å². The van der Waals surface area contributed by atoms with Crippen LogP contribution in [0, 0.1) is 11.8 Å². The molecule has 4 amide bonds. The Morgan fingerprint density at radius 2 is 1.18 bits per heavy atom. The molecule has 4 atom stereocenters. The van der Waals surface area contributed by atoms with E-state index in [1.807, 2.05) is 105 Å². The molecule has 0 radical (unpaired) electrons. The average molecular weight is 761 g/mol. The third kappa shape index (κ3) is 7.70. The summed E-state index contributed by atoms with van der Waals surface area (Å²) in [6.45, 7) is 8.09. The van der Waals surface area contributed by atoms with E-state index in [4.69, 9.17) is 0 Å². The number of nitrogens with zero attached hydrogens (tertiary/aromatic N) is 1. The van der Waals surface area contributed by atoms with Gasteiger partial charge in [-0.15, -0.1) is 0 Å². The fourth-order valence-electron chi connectivity index (χ4n) is 8.31. The molecule has 0 fully saturated rings. The van der Waals surface area contributed by atoms with E-state index in [0.29, 0.717) is 34.5 Å². The van der Waals surface area contributed by atoms with E-state index < -0.39 is 18.0 Å². The molecule has 0 spiro atoms. The van der Waals surface area contributed by atoms with Crippen molar-refractivity contribution in [3.63, 3.8) is 0 Å². The van der Waals surface area contributed by atoms with Gasteiger partial charge in [0.2, 0.25) is 11.8 Å². The van der Waals surface area contributed by atoms with E-state index >= 15 is 0 Å². The minimum atomic E-state index is -1.16. The Morgan fingerprint density at radius 3 is 1.72 bits per heavy atom. The molecule has 7 rings (SSSR count). The van der Waals surface area contributed by atoms with E-state index in [9.17, 15) is 24.3 Å². The van der Waals surface area contributed by atoms with Crippen molar-refractivity contribution in [1.82, 2.24) is 10.2 Å². The van der Waals surface area contributed by atoms with E-state index in [0.717, 1.165) is 39.8 Å². The highest BCUT2D eigenvalue weighted by molar-refractivity contribution is 6.11. The molecular weight excluding hydrogens is 713 g/mol. The normalized spacial score (nSPS) is 16.7. The summed E-state index contributed by atoms with van der Waals surface area (Å²) in [5.41, 5.74) is 8.58. The lowest BCUT2D eigenvalue weighted by Crippen LogP contribution is -2.51. The summed E-state index contributed by atoms with van der Waals surface area (Å²) in [6, 6.07) is 36.8. The molecule has 1 heterocycles. The zero-order valence-corrected chi connectivity index (χ0v) is 32.7. The molecule has 9 heteroatoms. The average Bonchev–Trinajstić information content (AvgIpc) is 3.54. The molecule has 2 aliphatic rings. The molecule has 0 aromatic heterocycles. The van der Waals surface area contributed by atoms with Crippen LogP contribution in [0.1, 0.15) is 73.5 Å². The molecule has 9 nitrogen and oxygen atoms in total. The number of carbonyl (C=O) groups is 4. The van der Waals surface area contributed by atoms with Gasteiger partial charge in [-0.1, -0.05) is 144 Å². The minimum Gasteiger partial charge on any atom is -0.465 e. The molecule has 1 aliphatic heterocycles. The van der Waals surface area contributed by atoms with Gasteiger partial charge in [0.1, 0.15) is 6.04 Å². The maximum Gasteiger partial charge on any atom is 0.408 e. The Kier molecular flexibility index (Phi) is 11.4. The Morgan fingerprint density at radius 1 is 0.684 bits per heavy atom. The maximum atomic E-state index is 14.5. The summed E-state index contributed by atoms with van der Waals surface area (Å²) < 4.78 is 0. The Bertz CT molecular complexity index is 2320. The van der Waals surface area contributed by atoms with E-state index in [-0.39, 0.29) is 42.2 Å². The Labute approximate surface area is 333 Å². The van der Waals surface area contributed by atoms with Crippen molar-refractivity contribution in [3.05, 3.63) is 150 Å². The molecule has 0 saturated heterocycles. The molecule has 57 heavy (non-hydrogen) atoms. The number of carbonyl (C=O) groups excluding carboxylic acids is 3. The number of amides is 4. The third-order valence-electron chi connectivity index (χ3n) is 11.6. The van der Waals surface area contributed by atoms with Gasteiger partial charge in [-0.2, -0.15) is 0 Å². The van der Waals surface area contributed by atoms with Crippen LogP contribution >= 0.6 is 0 Å². The van der Waals surface area contributed by atoms with Crippen molar-refractivity contribution in [1.29, 1.82) is 0 Å². The second-order valence-corrected chi connectivity index (χ2v) is 15.0. The standard InChI is InChI=1S/C48H48N4O5/c1-5-29(3)44-39(35-21-11-12-24-38(35)46(54)51-44)27-43(53)49-41-25-15-13-22-36(41)37-23-14-16-26-42(37)50-47(55)45(30(4)6-2)52(48(56)57)28-40-33-19-9-7-17-31(33)32-18-8-10-20-34(32)40/h7-27,29-30,40,44-45H,5-6,28H2,1-4H3,(H,49,53)(H,50,55)(H,51,54)(H,56,57). The number of anilines is 2. The lowest BCUT2D eigenvalue weighted by atomic mass is 9.82. The molecule has 5 aromatic carbocycles. The monoisotopic (exact) mass is 760 g/mol. The zero-order valence-electron chi connectivity index (χ0n) is 32.7. The summed E-state index contributed by atoms with van der Waals surface area (Å²) in [5.74, 6) is -1.39. The van der Waals surface area contributed by atoms with Crippen molar-refractivity contribution >= 4 is 40.8 Å². The molecule has 5 aromatic rings. The Balaban J connectivity index is 1.18. The van der Waals surface area contributed by atoms with E-state index in [1.165, 1.54) is 4.90 Å². The van der Waals surface area contributed by atoms with Gasteiger partial charge in [0.05, 0.1) is 6.04 Å². The summed E-state index contributed by atoms with van der Waals surface area (Å²) in [7, 11) is 0. The smallest absolute Gasteiger partial charge is 0.408 e. The lowest BCUT2D eigenvalue weighted by molar-refractivity contribution is -0.122. The molecule has 4 N–H and O–H groups in total. The van der Waals surface area contributed by atoms with Crippen LogP contribution < -0.4 is 16.0 Å². The van der Waals surface area contributed by atoms with Crippen LogP contribution in [0.3, 0.4) is 0 Å². The topological polar surface area (TPSA) is 128 Å². The minimum absolute atomic E-state index is 0.0882. The fourth-order valence-corrected chi connectivity index (χ4v) is 8.31. The summed E-state index contributed by atoms with van der Waals surface area (Å²) in [4.78, 5) is 55.8. The molecular formula is C48H48N4O5. The molecule has 1 aliphatic carbocycles. The van der Waals surface area contributed by atoms with Crippen molar-refractivity contribution < 1.29 is 24.3 Å². The van der Waals surface area contributed by atoms with Crippen LogP contribution in [0.5, 0.6) is 0 Å². The second-order valence-electron chi connectivity index (χ2n) is 15.0. The van der Waals surface area contributed by atoms with Crippen LogP contribution in [-0.4, -0.2) is 52.4 Å². The van der Waals surface area contributed by atoms with Gasteiger partial charge in [-0.3, -0.25) is 19.3 Å². The quantitative estimate of drug-likeness (QED) is 0.0942. The van der Waals surface area contributed by atoms with Crippen LogP contribution in [0.4, 0.5) is 16.2 Å². The Hall–Kier alpha value is -6.48. The van der Waals surface area contributed by atoms with Gasteiger partial charge in [-0.05, 0) is 63.4 Å². The SMILES string of the molecule is CCC(C)C1NC(=O)c2ccccc2C1=CC(=O)Nc1ccccc1-c1ccccc1NC(=O)C(C(C)CC)N(CC1c2ccccc2-c2ccccc21)C(=O)O. The van der Waals surface area contributed by atoms with Gasteiger partial charge < -0.3 is 21.1 Å². The number of benzene rings is 5.